The highest BCUT2D eigenvalue weighted by Gasteiger charge is 2.18. The Bertz CT molecular complexity index is 493. The number of nitrogen functional groups attached to an aromatic ring is 1. The molecule has 0 radical (unpaired) electrons. The van der Waals surface area contributed by atoms with E-state index in [4.69, 9.17) is 5.73 Å². The second kappa shape index (κ2) is 5.73. The number of nitrogens with one attached hydrogen (secondary N) is 1. The van der Waals surface area contributed by atoms with Gasteiger partial charge in [0, 0.05) is 18.8 Å². The van der Waals surface area contributed by atoms with E-state index in [-0.39, 0.29) is 18.4 Å². The molecule has 1 fully saturated rings. The molecule has 0 saturated carbocycles. The Balaban J connectivity index is 1.93. The largest absolute Gasteiger partial charge is 0.398 e. The molecular weight excluding hydrogens is 242 g/mol. The highest BCUT2D eigenvalue weighted by molar-refractivity contribution is 6.00. The number of aryl methyl sites for hydroxylation is 1. The third kappa shape index (κ3) is 3.24. The van der Waals surface area contributed by atoms with Gasteiger partial charge >= 0.3 is 0 Å². The topological polar surface area (TPSA) is 75.4 Å². The summed E-state index contributed by atoms with van der Waals surface area (Å²) in [5.41, 5.74) is 7.58. The molecule has 0 aromatic heterocycles. The molecule has 0 aliphatic carbocycles. The molecule has 5 heteroatoms. The Morgan fingerprint density at radius 3 is 2.68 bits per heavy atom. The van der Waals surface area contributed by atoms with Gasteiger partial charge < -0.3 is 16.0 Å². The van der Waals surface area contributed by atoms with E-state index in [9.17, 15) is 9.59 Å². The maximum absolute atomic E-state index is 12.0. The number of hydrogen-bond acceptors (Lipinski definition) is 3. The average Bonchev–Trinajstić information content (AvgIpc) is 2.92. The summed E-state index contributed by atoms with van der Waals surface area (Å²) in [7, 11) is 0. The van der Waals surface area contributed by atoms with Crippen LogP contribution in [0.3, 0.4) is 0 Å². The second-order valence-electron chi connectivity index (χ2n) is 4.86. The number of nitrogens with zero attached hydrogens (tertiary/aromatic N) is 1. The fourth-order valence-corrected chi connectivity index (χ4v) is 2.20. The molecule has 0 unspecified atom stereocenters. The Kier molecular flexibility index (Phi) is 4.04. The Morgan fingerprint density at radius 1 is 1.32 bits per heavy atom. The van der Waals surface area contributed by atoms with E-state index in [0.717, 1.165) is 31.5 Å². The fraction of sp³-hybridized carbons (Fsp3) is 0.429. The summed E-state index contributed by atoms with van der Waals surface area (Å²) in [5, 5.41) is 2.63. The van der Waals surface area contributed by atoms with Crippen LogP contribution in [0.25, 0.3) is 0 Å². The van der Waals surface area contributed by atoms with Crippen LogP contribution in [0.4, 0.5) is 5.69 Å². The molecule has 0 atom stereocenters. The van der Waals surface area contributed by atoms with E-state index < -0.39 is 0 Å². The standard InChI is InChI=1S/C14H19N3O2/c1-10-4-5-12(15)11(8-10)14(19)16-9-13(18)17-6-2-3-7-17/h4-5,8H,2-3,6-7,9,15H2,1H3,(H,16,19). The first-order valence-electron chi connectivity index (χ1n) is 6.50. The molecular formula is C14H19N3O2. The highest BCUT2D eigenvalue weighted by atomic mass is 16.2. The average molecular weight is 261 g/mol. The monoisotopic (exact) mass is 261 g/mol. The van der Waals surface area contributed by atoms with Gasteiger partial charge in [-0.15, -0.1) is 0 Å². The molecule has 19 heavy (non-hydrogen) atoms. The zero-order valence-corrected chi connectivity index (χ0v) is 11.1. The molecule has 1 aliphatic rings. The molecule has 2 amide bonds. The lowest BCUT2D eigenvalue weighted by Crippen LogP contribution is -2.38. The van der Waals surface area contributed by atoms with Crippen molar-refractivity contribution in [3.8, 4) is 0 Å². The van der Waals surface area contributed by atoms with Crippen molar-refractivity contribution in [3.05, 3.63) is 29.3 Å². The van der Waals surface area contributed by atoms with E-state index in [1.807, 2.05) is 13.0 Å². The predicted molar refractivity (Wildman–Crippen MR) is 73.7 cm³/mol. The summed E-state index contributed by atoms with van der Waals surface area (Å²) < 4.78 is 0. The first kappa shape index (κ1) is 13.4. The van der Waals surface area contributed by atoms with Gasteiger partial charge in [-0.3, -0.25) is 9.59 Å². The van der Waals surface area contributed by atoms with Gasteiger partial charge in [0.15, 0.2) is 0 Å². The highest BCUT2D eigenvalue weighted by Crippen LogP contribution is 2.13. The van der Waals surface area contributed by atoms with Gasteiger partial charge in [-0.25, -0.2) is 0 Å². The number of carbonyl (C=O) groups excluding carboxylic acids is 2. The number of hydrogen-bond donors (Lipinski definition) is 2. The number of anilines is 1. The molecule has 1 heterocycles. The van der Waals surface area contributed by atoms with Crippen LogP contribution in [0, 0.1) is 6.92 Å². The minimum atomic E-state index is -0.297. The molecule has 0 spiro atoms. The van der Waals surface area contributed by atoms with Crippen LogP contribution in [0.5, 0.6) is 0 Å². The molecule has 1 saturated heterocycles. The summed E-state index contributed by atoms with van der Waals surface area (Å²) in [5.74, 6) is -0.328. The van der Waals surface area contributed by atoms with Gasteiger partial charge in [0.25, 0.3) is 5.91 Å². The number of likely N-dealkylation sites (tertiary alicyclic amines) is 1. The van der Waals surface area contributed by atoms with Crippen molar-refractivity contribution >= 4 is 17.5 Å². The lowest BCUT2D eigenvalue weighted by atomic mass is 10.1. The second-order valence-corrected chi connectivity index (χ2v) is 4.86. The maximum atomic E-state index is 12.0. The van der Waals surface area contributed by atoms with Crippen LogP contribution in [-0.2, 0) is 4.79 Å². The van der Waals surface area contributed by atoms with Crippen LogP contribution >= 0.6 is 0 Å². The summed E-state index contributed by atoms with van der Waals surface area (Å²) in [6.45, 7) is 3.51. The van der Waals surface area contributed by atoms with E-state index in [2.05, 4.69) is 5.32 Å². The summed E-state index contributed by atoms with van der Waals surface area (Å²) >= 11 is 0. The number of carbonyl (C=O) groups is 2. The minimum absolute atomic E-state index is 0.0305. The summed E-state index contributed by atoms with van der Waals surface area (Å²) in [6, 6.07) is 5.28. The summed E-state index contributed by atoms with van der Waals surface area (Å²) in [4.78, 5) is 25.6. The van der Waals surface area contributed by atoms with E-state index >= 15 is 0 Å². The van der Waals surface area contributed by atoms with Crippen molar-refractivity contribution in [2.45, 2.75) is 19.8 Å². The lowest BCUT2D eigenvalue weighted by molar-refractivity contribution is -0.129. The molecule has 2 rings (SSSR count). The van der Waals surface area contributed by atoms with Crippen molar-refractivity contribution in [1.82, 2.24) is 10.2 Å². The number of benzene rings is 1. The summed E-state index contributed by atoms with van der Waals surface area (Å²) in [6.07, 6.45) is 2.09. The third-order valence-corrected chi connectivity index (χ3v) is 3.31. The maximum Gasteiger partial charge on any atom is 0.253 e. The van der Waals surface area contributed by atoms with Gasteiger partial charge in [-0.1, -0.05) is 11.6 Å². The zero-order valence-electron chi connectivity index (χ0n) is 11.1. The van der Waals surface area contributed by atoms with E-state index in [0.29, 0.717) is 11.3 Å². The van der Waals surface area contributed by atoms with Gasteiger partial charge in [0.1, 0.15) is 0 Å². The van der Waals surface area contributed by atoms with E-state index in [1.54, 1.807) is 17.0 Å². The normalized spacial score (nSPS) is 14.5. The number of rotatable bonds is 3. The van der Waals surface area contributed by atoms with Crippen molar-refractivity contribution < 1.29 is 9.59 Å². The Labute approximate surface area is 112 Å². The molecule has 1 aromatic rings. The zero-order chi connectivity index (χ0) is 13.8. The molecule has 3 N–H and O–H groups in total. The molecule has 1 aliphatic heterocycles. The molecule has 0 bridgehead atoms. The van der Waals surface area contributed by atoms with Crippen LogP contribution in [0.2, 0.25) is 0 Å². The Morgan fingerprint density at radius 2 is 2.00 bits per heavy atom. The molecule has 102 valence electrons. The van der Waals surface area contributed by atoms with Crippen molar-refractivity contribution in [1.29, 1.82) is 0 Å². The van der Waals surface area contributed by atoms with Crippen LogP contribution in [0.15, 0.2) is 18.2 Å². The SMILES string of the molecule is Cc1ccc(N)c(C(=O)NCC(=O)N2CCCC2)c1. The first-order chi connectivity index (χ1) is 9.08. The lowest BCUT2D eigenvalue weighted by Gasteiger charge is -2.15. The van der Waals surface area contributed by atoms with Gasteiger partial charge in [0.2, 0.25) is 5.91 Å². The van der Waals surface area contributed by atoms with E-state index in [1.165, 1.54) is 0 Å². The van der Waals surface area contributed by atoms with Gasteiger partial charge in [-0.2, -0.15) is 0 Å². The van der Waals surface area contributed by atoms with Crippen molar-refractivity contribution in [2.24, 2.45) is 0 Å². The van der Waals surface area contributed by atoms with Gasteiger partial charge in [-0.05, 0) is 31.9 Å². The minimum Gasteiger partial charge on any atom is -0.398 e. The third-order valence-electron chi connectivity index (χ3n) is 3.31. The van der Waals surface area contributed by atoms with Crippen LogP contribution < -0.4 is 11.1 Å². The smallest absolute Gasteiger partial charge is 0.253 e. The predicted octanol–water partition coefficient (Wildman–Crippen LogP) is 0.929. The van der Waals surface area contributed by atoms with Crippen molar-refractivity contribution in [3.63, 3.8) is 0 Å². The Hall–Kier alpha value is -2.04. The fourth-order valence-electron chi connectivity index (χ4n) is 2.20. The van der Waals surface area contributed by atoms with Gasteiger partial charge in [0.05, 0.1) is 12.1 Å². The molecule has 1 aromatic carbocycles. The molecule has 5 nitrogen and oxygen atoms in total. The number of nitrogens with two attached hydrogens (primary N) is 1. The van der Waals surface area contributed by atoms with Crippen LogP contribution in [0.1, 0.15) is 28.8 Å². The number of amides is 2. The first-order valence-corrected chi connectivity index (χ1v) is 6.50. The van der Waals surface area contributed by atoms with Crippen LogP contribution in [-0.4, -0.2) is 36.3 Å². The van der Waals surface area contributed by atoms with Crippen molar-refractivity contribution in [2.75, 3.05) is 25.4 Å². The quantitative estimate of drug-likeness (QED) is 0.795.